The van der Waals surface area contributed by atoms with Gasteiger partial charge in [-0.2, -0.15) is 0 Å². The molecule has 17 heteroatoms. The topological polar surface area (TPSA) is 265 Å². The first-order valence-corrected chi connectivity index (χ1v) is 13.3. The van der Waals surface area contributed by atoms with Gasteiger partial charge in [0.05, 0.1) is 16.7 Å². The number of phenols is 2. The Hall–Kier alpha value is -6.65. The zero-order valence-electron chi connectivity index (χ0n) is 24.2. The predicted octanol–water partition coefficient (Wildman–Crippen LogP) is 2.53. The molecule has 0 aliphatic rings. The lowest BCUT2D eigenvalue weighted by Crippen LogP contribution is -2.23. The van der Waals surface area contributed by atoms with E-state index in [1.165, 1.54) is 49.4 Å². The number of aromatic hydroxyl groups is 2. The Kier molecular flexibility index (Phi) is 10.2. The Morgan fingerprint density at radius 2 is 0.957 bits per heavy atom. The SMILES string of the molecule is CC(Oc1cc(OCC(=O)O)ccc1-c1nc(-c2ccc(OCC(=O)O)cc2O)nc(-c2ccc(OCC(=O)O)cc2O)n1)C(=O)O. The summed E-state index contributed by atoms with van der Waals surface area (Å²) in [5.41, 5.74) is 0.106. The van der Waals surface area contributed by atoms with E-state index in [0.29, 0.717) is 0 Å². The summed E-state index contributed by atoms with van der Waals surface area (Å²) in [5, 5.41) is 57.8. The average Bonchev–Trinajstić information content (AvgIpc) is 3.01. The molecule has 244 valence electrons. The minimum Gasteiger partial charge on any atom is -0.507 e. The van der Waals surface area contributed by atoms with Crippen LogP contribution in [0.5, 0.6) is 34.5 Å². The molecule has 1 atom stereocenters. The van der Waals surface area contributed by atoms with E-state index in [1.54, 1.807) is 0 Å². The monoisotopic (exact) mass is 651 g/mol. The van der Waals surface area contributed by atoms with Gasteiger partial charge in [-0.05, 0) is 43.3 Å². The Morgan fingerprint density at radius 1 is 0.596 bits per heavy atom. The average molecular weight is 652 g/mol. The summed E-state index contributed by atoms with van der Waals surface area (Å²) in [7, 11) is 0. The predicted molar refractivity (Wildman–Crippen MR) is 157 cm³/mol. The fourth-order valence-corrected chi connectivity index (χ4v) is 3.87. The zero-order valence-corrected chi connectivity index (χ0v) is 24.2. The Balaban J connectivity index is 1.89. The first kappa shape index (κ1) is 33.2. The number of carboxylic acid groups (broad SMARTS) is 4. The van der Waals surface area contributed by atoms with Crippen molar-refractivity contribution in [2.24, 2.45) is 0 Å². The van der Waals surface area contributed by atoms with Gasteiger partial charge in [-0.1, -0.05) is 0 Å². The van der Waals surface area contributed by atoms with Crippen LogP contribution in [-0.4, -0.2) is 95.4 Å². The fourth-order valence-electron chi connectivity index (χ4n) is 3.87. The van der Waals surface area contributed by atoms with Crippen molar-refractivity contribution in [3.8, 4) is 68.7 Å². The lowest BCUT2D eigenvalue weighted by molar-refractivity contribution is -0.144. The van der Waals surface area contributed by atoms with Crippen molar-refractivity contribution in [1.29, 1.82) is 0 Å². The van der Waals surface area contributed by atoms with Crippen molar-refractivity contribution < 1.29 is 68.8 Å². The third-order valence-corrected chi connectivity index (χ3v) is 5.99. The molecule has 0 saturated carbocycles. The molecule has 1 aromatic heterocycles. The molecule has 1 unspecified atom stereocenters. The van der Waals surface area contributed by atoms with Gasteiger partial charge >= 0.3 is 23.9 Å². The molecular weight excluding hydrogens is 626 g/mol. The van der Waals surface area contributed by atoms with Crippen LogP contribution in [0, 0.1) is 0 Å². The molecule has 0 amide bonds. The first-order valence-electron chi connectivity index (χ1n) is 13.3. The van der Waals surface area contributed by atoms with Crippen LogP contribution in [0.25, 0.3) is 34.2 Å². The number of hydrogen-bond acceptors (Lipinski definition) is 13. The van der Waals surface area contributed by atoms with Crippen LogP contribution in [0.2, 0.25) is 0 Å². The summed E-state index contributed by atoms with van der Waals surface area (Å²) >= 11 is 0. The molecule has 6 N–H and O–H groups in total. The lowest BCUT2D eigenvalue weighted by Gasteiger charge is -2.17. The highest BCUT2D eigenvalue weighted by molar-refractivity contribution is 5.77. The number of nitrogens with zero attached hydrogens (tertiary/aromatic N) is 3. The molecule has 4 aromatic rings. The van der Waals surface area contributed by atoms with Crippen LogP contribution in [0.4, 0.5) is 0 Å². The van der Waals surface area contributed by atoms with Crippen molar-refractivity contribution in [3.63, 3.8) is 0 Å². The Bertz CT molecular complexity index is 1760. The molecule has 0 bridgehead atoms. The van der Waals surface area contributed by atoms with Crippen molar-refractivity contribution in [3.05, 3.63) is 54.6 Å². The van der Waals surface area contributed by atoms with Gasteiger partial charge in [-0.15, -0.1) is 0 Å². The fraction of sp³-hybridized carbons (Fsp3) is 0.167. The number of hydrogen-bond donors (Lipinski definition) is 6. The van der Waals surface area contributed by atoms with Crippen LogP contribution in [-0.2, 0) is 19.2 Å². The zero-order chi connectivity index (χ0) is 34.2. The number of rotatable bonds is 15. The van der Waals surface area contributed by atoms with E-state index in [0.717, 1.165) is 12.1 Å². The first-order chi connectivity index (χ1) is 22.3. The molecule has 0 aliphatic carbocycles. The second-order valence-corrected chi connectivity index (χ2v) is 9.47. The third-order valence-electron chi connectivity index (χ3n) is 5.99. The maximum Gasteiger partial charge on any atom is 0.344 e. The molecule has 3 aromatic carbocycles. The number of benzene rings is 3. The van der Waals surface area contributed by atoms with Crippen LogP contribution < -0.4 is 18.9 Å². The number of carboxylic acids is 4. The van der Waals surface area contributed by atoms with Gasteiger partial charge in [0.15, 0.2) is 43.4 Å². The second-order valence-electron chi connectivity index (χ2n) is 9.47. The van der Waals surface area contributed by atoms with Crippen LogP contribution in [0.1, 0.15) is 6.92 Å². The molecule has 47 heavy (non-hydrogen) atoms. The largest absolute Gasteiger partial charge is 0.507 e. The maximum absolute atomic E-state index is 11.6. The quantitative estimate of drug-likeness (QED) is 0.108. The molecule has 17 nitrogen and oxygen atoms in total. The number of aromatic nitrogens is 3. The number of carbonyl (C=O) groups is 4. The molecule has 4 rings (SSSR count). The van der Waals surface area contributed by atoms with Crippen molar-refractivity contribution in [1.82, 2.24) is 15.0 Å². The number of ether oxygens (including phenoxy) is 4. The number of aliphatic carboxylic acids is 4. The van der Waals surface area contributed by atoms with Crippen LogP contribution in [0.15, 0.2) is 54.6 Å². The highest BCUT2D eigenvalue weighted by Gasteiger charge is 2.22. The molecule has 0 fully saturated rings. The molecule has 0 spiro atoms. The highest BCUT2D eigenvalue weighted by Crippen LogP contribution is 2.38. The van der Waals surface area contributed by atoms with Gasteiger partial charge in [0.1, 0.15) is 34.5 Å². The molecular formula is C30H25N3O14. The van der Waals surface area contributed by atoms with Crippen molar-refractivity contribution in [2.45, 2.75) is 13.0 Å². The molecule has 0 saturated heterocycles. The summed E-state index contributed by atoms with van der Waals surface area (Å²) in [6, 6.07) is 11.6. The van der Waals surface area contributed by atoms with Crippen molar-refractivity contribution >= 4 is 23.9 Å². The minimum atomic E-state index is -1.39. The van der Waals surface area contributed by atoms with Gasteiger partial charge in [0, 0.05) is 18.2 Å². The second kappa shape index (κ2) is 14.4. The van der Waals surface area contributed by atoms with E-state index >= 15 is 0 Å². The molecule has 1 heterocycles. The standard InChI is InChI=1S/C30H25N3O14/c1-14(30(42)43)47-23-10-17(46-13-26(40)41)4-7-20(23)29-32-27(18-5-2-15(8-21(18)34)44-11-24(36)37)31-28(33-29)19-6-3-16(9-22(19)35)45-12-25(38)39/h2-10,14,34-35H,11-13H2,1H3,(H,36,37)(H,38,39)(H,40,41)(H,42,43). The van der Waals surface area contributed by atoms with E-state index < -0.39 is 61.3 Å². The highest BCUT2D eigenvalue weighted by atomic mass is 16.5. The smallest absolute Gasteiger partial charge is 0.344 e. The van der Waals surface area contributed by atoms with Gasteiger partial charge in [-0.25, -0.2) is 34.1 Å². The van der Waals surface area contributed by atoms with E-state index in [1.807, 2.05) is 0 Å². The third kappa shape index (κ3) is 8.72. The summed E-state index contributed by atoms with van der Waals surface area (Å²) in [6.07, 6.45) is -1.39. The normalized spacial score (nSPS) is 11.3. The van der Waals surface area contributed by atoms with Crippen LogP contribution in [0.3, 0.4) is 0 Å². The van der Waals surface area contributed by atoms with Crippen LogP contribution >= 0.6 is 0 Å². The van der Waals surface area contributed by atoms with Gasteiger partial charge in [0.25, 0.3) is 0 Å². The van der Waals surface area contributed by atoms with Gasteiger partial charge < -0.3 is 49.6 Å². The van der Waals surface area contributed by atoms with E-state index in [4.69, 9.17) is 34.3 Å². The van der Waals surface area contributed by atoms with Crippen molar-refractivity contribution in [2.75, 3.05) is 19.8 Å². The van der Waals surface area contributed by atoms with E-state index in [-0.39, 0.29) is 57.2 Å². The summed E-state index contributed by atoms with van der Waals surface area (Å²) in [4.78, 5) is 57.6. The lowest BCUT2D eigenvalue weighted by atomic mass is 10.1. The van der Waals surface area contributed by atoms with E-state index in [9.17, 15) is 34.5 Å². The Labute approximate surface area is 263 Å². The molecule has 0 radical (unpaired) electrons. The van der Waals surface area contributed by atoms with Gasteiger partial charge in [0.2, 0.25) is 0 Å². The summed E-state index contributed by atoms with van der Waals surface area (Å²) in [6.45, 7) is -0.800. The van der Waals surface area contributed by atoms with E-state index in [2.05, 4.69) is 15.0 Å². The maximum atomic E-state index is 11.6. The summed E-state index contributed by atoms with van der Waals surface area (Å²) in [5.74, 6) is -6.48. The van der Waals surface area contributed by atoms with Gasteiger partial charge in [-0.3, -0.25) is 0 Å². The molecule has 0 aliphatic heterocycles. The Morgan fingerprint density at radius 3 is 1.32 bits per heavy atom. The minimum absolute atomic E-state index is 0.0151. The summed E-state index contributed by atoms with van der Waals surface area (Å²) < 4.78 is 21.0. The number of phenolic OH excluding ortho intramolecular Hbond substituents is 2.